The van der Waals surface area contributed by atoms with Gasteiger partial charge in [-0.3, -0.25) is 4.79 Å². The molecule has 1 aromatic heterocycles. The molecular weight excluding hydrogens is 488 g/mol. The molecule has 0 aliphatic rings. The zero-order valence-electron chi connectivity index (χ0n) is 21.7. The molecule has 4 aromatic rings. The number of benzene rings is 3. The van der Waals surface area contributed by atoms with E-state index in [1.165, 1.54) is 18.5 Å². The zero-order chi connectivity index (χ0) is 26.8. The van der Waals surface area contributed by atoms with E-state index in [2.05, 4.69) is 25.8 Å². The molecule has 0 radical (unpaired) electrons. The summed E-state index contributed by atoms with van der Waals surface area (Å²) in [5.74, 6) is 1.01. The van der Waals surface area contributed by atoms with Gasteiger partial charge in [0.05, 0.1) is 24.6 Å². The van der Waals surface area contributed by atoms with Gasteiger partial charge in [0.25, 0.3) is 5.56 Å². The molecule has 194 valence electrons. The highest BCUT2D eigenvalue weighted by atomic mass is 32.2. The van der Waals surface area contributed by atoms with Gasteiger partial charge in [-0.2, -0.15) is 4.31 Å². The zero-order valence-corrected chi connectivity index (χ0v) is 22.6. The molecule has 0 unspecified atom stereocenters. The average Bonchev–Trinajstić information content (AvgIpc) is 2.88. The van der Waals surface area contributed by atoms with Crippen molar-refractivity contribution in [3.05, 3.63) is 99.8 Å². The molecule has 1 heterocycles. The monoisotopic (exact) mass is 520 g/mol. The third-order valence-electron chi connectivity index (χ3n) is 6.33. The summed E-state index contributed by atoms with van der Waals surface area (Å²) in [7, 11) is -0.856. The van der Waals surface area contributed by atoms with Crippen LogP contribution in [0.25, 0.3) is 10.9 Å². The van der Waals surface area contributed by atoms with Crippen molar-refractivity contribution in [2.45, 2.75) is 44.2 Å². The van der Waals surface area contributed by atoms with Gasteiger partial charge in [-0.15, -0.1) is 0 Å². The molecule has 7 nitrogen and oxygen atoms in total. The molecule has 0 saturated heterocycles. The van der Waals surface area contributed by atoms with Crippen molar-refractivity contribution in [1.82, 2.24) is 9.29 Å². The first-order chi connectivity index (χ1) is 17.5. The Morgan fingerprint density at radius 2 is 1.46 bits per heavy atom. The molecule has 0 bridgehead atoms. The molecule has 0 amide bonds. The first kappa shape index (κ1) is 26.4. The standard InChI is InChI=1S/C29H32N2O5S/c1-29(2,3)23-11-13-24(14-12-23)37(33,34)31(18-20-9-7-6-8-10-20)19-22-15-21-16-26(35-4)27(36-5)17-25(21)30-28(22)32/h6-17H,18-19H2,1-5H3,(H,30,32). The van der Waals surface area contributed by atoms with E-state index in [0.29, 0.717) is 28.0 Å². The van der Waals surface area contributed by atoms with E-state index in [1.54, 1.807) is 30.3 Å². The fourth-order valence-electron chi connectivity index (χ4n) is 4.17. The van der Waals surface area contributed by atoms with E-state index in [9.17, 15) is 13.2 Å². The molecule has 37 heavy (non-hydrogen) atoms. The van der Waals surface area contributed by atoms with E-state index in [1.807, 2.05) is 42.5 Å². The second-order valence-electron chi connectivity index (χ2n) is 9.95. The van der Waals surface area contributed by atoms with Crippen molar-refractivity contribution in [1.29, 1.82) is 0 Å². The summed E-state index contributed by atoms with van der Waals surface area (Å²) < 4.78 is 39.7. The van der Waals surface area contributed by atoms with Crippen molar-refractivity contribution in [3.63, 3.8) is 0 Å². The normalized spacial score (nSPS) is 12.2. The Hall–Kier alpha value is -3.62. The highest BCUT2D eigenvalue weighted by Gasteiger charge is 2.27. The number of aromatic nitrogens is 1. The molecule has 0 saturated carbocycles. The average molecular weight is 521 g/mol. The summed E-state index contributed by atoms with van der Waals surface area (Å²) in [5, 5.41) is 0.707. The Balaban J connectivity index is 1.77. The van der Waals surface area contributed by atoms with E-state index in [0.717, 1.165) is 11.1 Å². The summed E-state index contributed by atoms with van der Waals surface area (Å²) >= 11 is 0. The molecule has 0 spiro atoms. The minimum atomic E-state index is -3.92. The molecule has 0 fully saturated rings. The maximum absolute atomic E-state index is 13.8. The molecular formula is C29H32N2O5S. The quantitative estimate of drug-likeness (QED) is 0.344. The van der Waals surface area contributed by atoms with Gasteiger partial charge < -0.3 is 14.5 Å². The number of fused-ring (bicyclic) bond motifs is 1. The topological polar surface area (TPSA) is 88.7 Å². The van der Waals surface area contributed by atoms with Gasteiger partial charge in [-0.25, -0.2) is 8.42 Å². The number of ether oxygens (including phenoxy) is 2. The fourth-order valence-corrected chi connectivity index (χ4v) is 5.58. The van der Waals surface area contributed by atoms with Crippen molar-refractivity contribution in [2.24, 2.45) is 0 Å². The first-order valence-electron chi connectivity index (χ1n) is 12.0. The van der Waals surface area contributed by atoms with Crippen molar-refractivity contribution < 1.29 is 17.9 Å². The van der Waals surface area contributed by atoms with Crippen LogP contribution >= 0.6 is 0 Å². The van der Waals surface area contributed by atoms with Crippen LogP contribution in [0.15, 0.2) is 82.5 Å². The summed E-state index contributed by atoms with van der Waals surface area (Å²) in [6.07, 6.45) is 0. The number of pyridine rings is 1. The van der Waals surface area contributed by atoms with Gasteiger partial charge in [-0.05, 0) is 40.8 Å². The van der Waals surface area contributed by atoms with Crippen LogP contribution in [0.3, 0.4) is 0 Å². The number of hydrogen-bond acceptors (Lipinski definition) is 5. The van der Waals surface area contributed by atoms with Gasteiger partial charge in [-0.1, -0.05) is 63.2 Å². The minimum absolute atomic E-state index is 0.0993. The van der Waals surface area contributed by atoms with Crippen LogP contribution in [0.1, 0.15) is 37.5 Å². The fraction of sp³-hybridized carbons (Fsp3) is 0.276. The molecule has 1 N–H and O–H groups in total. The number of H-pyrrole nitrogens is 1. The lowest BCUT2D eigenvalue weighted by molar-refractivity contribution is 0.355. The molecule has 8 heteroatoms. The Labute approximate surface area is 217 Å². The van der Waals surface area contributed by atoms with Gasteiger partial charge in [0.1, 0.15) is 0 Å². The van der Waals surface area contributed by atoms with Crippen molar-refractivity contribution in [2.75, 3.05) is 14.2 Å². The highest BCUT2D eigenvalue weighted by molar-refractivity contribution is 7.89. The van der Waals surface area contributed by atoms with Crippen LogP contribution in [0, 0.1) is 0 Å². The number of rotatable bonds is 8. The summed E-state index contributed by atoms with van der Waals surface area (Å²) in [5.41, 5.74) is 2.29. The van der Waals surface area contributed by atoms with Crippen LogP contribution in [-0.4, -0.2) is 31.9 Å². The Morgan fingerprint density at radius 3 is 2.05 bits per heavy atom. The number of nitrogens with zero attached hydrogens (tertiary/aromatic N) is 1. The maximum atomic E-state index is 13.8. The van der Waals surface area contributed by atoms with Crippen molar-refractivity contribution >= 4 is 20.9 Å². The van der Waals surface area contributed by atoms with Crippen molar-refractivity contribution in [3.8, 4) is 11.5 Å². The second kappa shape index (κ2) is 10.4. The number of methoxy groups -OCH3 is 2. The van der Waals surface area contributed by atoms with Crippen LogP contribution in [-0.2, 0) is 28.5 Å². The molecule has 0 atom stereocenters. The lowest BCUT2D eigenvalue weighted by Gasteiger charge is -2.24. The SMILES string of the molecule is COc1cc2cc(CN(Cc3ccccc3)S(=O)(=O)c3ccc(C(C)(C)C)cc3)c(=O)[nH]c2cc1OC. The largest absolute Gasteiger partial charge is 0.493 e. The number of aromatic amines is 1. The predicted molar refractivity (Wildman–Crippen MR) is 146 cm³/mol. The lowest BCUT2D eigenvalue weighted by atomic mass is 9.87. The van der Waals surface area contributed by atoms with Gasteiger partial charge >= 0.3 is 0 Å². The summed E-state index contributed by atoms with van der Waals surface area (Å²) in [6.45, 7) is 6.25. The first-order valence-corrected chi connectivity index (χ1v) is 13.4. The molecule has 0 aliphatic carbocycles. The van der Waals surface area contributed by atoms with E-state index in [4.69, 9.17) is 9.47 Å². The van der Waals surface area contributed by atoms with Gasteiger partial charge in [0, 0.05) is 30.1 Å². The Kier molecular flexibility index (Phi) is 7.43. The van der Waals surface area contributed by atoms with Gasteiger partial charge in [0.2, 0.25) is 10.0 Å². The Bertz CT molecular complexity index is 1550. The summed E-state index contributed by atoms with van der Waals surface area (Å²) in [4.78, 5) is 16.1. The maximum Gasteiger partial charge on any atom is 0.252 e. The molecule has 3 aromatic carbocycles. The lowest BCUT2D eigenvalue weighted by Crippen LogP contribution is -2.32. The third kappa shape index (κ3) is 5.70. The number of hydrogen-bond donors (Lipinski definition) is 1. The van der Waals surface area contributed by atoms with Crippen LogP contribution < -0.4 is 15.0 Å². The molecule has 4 rings (SSSR count). The Morgan fingerprint density at radius 1 is 0.838 bits per heavy atom. The van der Waals surface area contributed by atoms with E-state index >= 15 is 0 Å². The highest BCUT2D eigenvalue weighted by Crippen LogP contribution is 2.31. The number of nitrogens with one attached hydrogen (secondary N) is 1. The summed E-state index contributed by atoms with van der Waals surface area (Å²) in [6, 6.07) is 21.4. The van der Waals surface area contributed by atoms with Crippen LogP contribution in [0.5, 0.6) is 11.5 Å². The second-order valence-corrected chi connectivity index (χ2v) is 11.9. The van der Waals surface area contributed by atoms with E-state index < -0.39 is 10.0 Å². The minimum Gasteiger partial charge on any atom is -0.493 e. The van der Waals surface area contributed by atoms with Gasteiger partial charge in [0.15, 0.2) is 11.5 Å². The number of sulfonamides is 1. The predicted octanol–water partition coefficient (Wildman–Crippen LogP) is 5.23. The van der Waals surface area contributed by atoms with Crippen LogP contribution in [0.2, 0.25) is 0 Å². The van der Waals surface area contributed by atoms with E-state index in [-0.39, 0.29) is 29.0 Å². The molecule has 0 aliphatic heterocycles. The smallest absolute Gasteiger partial charge is 0.252 e. The third-order valence-corrected chi connectivity index (χ3v) is 8.14. The van der Waals surface area contributed by atoms with Crippen LogP contribution in [0.4, 0.5) is 0 Å².